The molecular weight excluding hydrogens is 210 g/mol. The van der Waals surface area contributed by atoms with Gasteiger partial charge >= 0.3 is 0 Å². The Labute approximate surface area is 104 Å². The van der Waals surface area contributed by atoms with Crippen molar-refractivity contribution in [2.45, 2.75) is 39.7 Å². The molecule has 1 unspecified atom stereocenters. The third-order valence-electron chi connectivity index (χ3n) is 3.03. The monoisotopic (exact) mass is 233 g/mol. The van der Waals surface area contributed by atoms with E-state index in [-0.39, 0.29) is 0 Å². The molecule has 0 saturated carbocycles. The molecule has 0 aliphatic rings. The number of nitrogens with one attached hydrogen (secondary N) is 1. The van der Waals surface area contributed by atoms with Gasteiger partial charge in [-0.15, -0.1) is 0 Å². The van der Waals surface area contributed by atoms with Gasteiger partial charge in [0.2, 0.25) is 0 Å². The topological polar surface area (TPSA) is 29.1 Å². The van der Waals surface area contributed by atoms with E-state index in [9.17, 15) is 4.79 Å². The molecule has 0 saturated heterocycles. The van der Waals surface area contributed by atoms with E-state index in [0.717, 1.165) is 25.9 Å². The van der Waals surface area contributed by atoms with Gasteiger partial charge in [0.25, 0.3) is 0 Å². The molecule has 0 aliphatic carbocycles. The van der Waals surface area contributed by atoms with Gasteiger partial charge in [0, 0.05) is 25.9 Å². The highest BCUT2D eigenvalue weighted by Gasteiger charge is 2.06. The summed E-state index contributed by atoms with van der Waals surface area (Å²) in [6, 6.07) is 10.3. The van der Waals surface area contributed by atoms with Gasteiger partial charge in [0.1, 0.15) is 5.78 Å². The quantitative estimate of drug-likeness (QED) is 0.699. The lowest BCUT2D eigenvalue weighted by molar-refractivity contribution is -0.119. The maximum atomic E-state index is 11.6. The summed E-state index contributed by atoms with van der Waals surface area (Å²) >= 11 is 0. The average molecular weight is 233 g/mol. The molecule has 0 aliphatic heterocycles. The summed E-state index contributed by atoms with van der Waals surface area (Å²) in [5.74, 6) is 0.900. The summed E-state index contributed by atoms with van der Waals surface area (Å²) < 4.78 is 0. The van der Waals surface area contributed by atoms with Crippen molar-refractivity contribution in [3.63, 3.8) is 0 Å². The summed E-state index contributed by atoms with van der Waals surface area (Å²) in [5.41, 5.74) is 1.27. The Morgan fingerprint density at radius 2 is 2.00 bits per heavy atom. The fourth-order valence-corrected chi connectivity index (χ4v) is 1.69. The van der Waals surface area contributed by atoms with E-state index in [4.69, 9.17) is 0 Å². The zero-order chi connectivity index (χ0) is 12.5. The van der Waals surface area contributed by atoms with E-state index in [1.54, 1.807) is 0 Å². The number of hydrogen-bond donors (Lipinski definition) is 1. The van der Waals surface area contributed by atoms with Gasteiger partial charge in [0.15, 0.2) is 0 Å². The molecule has 94 valence electrons. The molecule has 1 rings (SSSR count). The first-order valence-corrected chi connectivity index (χ1v) is 6.48. The number of hydrogen-bond acceptors (Lipinski definition) is 2. The highest BCUT2D eigenvalue weighted by atomic mass is 16.1. The van der Waals surface area contributed by atoms with Crippen molar-refractivity contribution in [1.29, 1.82) is 0 Å². The van der Waals surface area contributed by atoms with Crippen LogP contribution in [-0.2, 0) is 11.3 Å². The van der Waals surface area contributed by atoms with Crippen molar-refractivity contribution >= 4 is 5.78 Å². The predicted molar refractivity (Wildman–Crippen MR) is 71.8 cm³/mol. The van der Waals surface area contributed by atoms with Crippen molar-refractivity contribution in [2.24, 2.45) is 5.92 Å². The first-order chi connectivity index (χ1) is 8.22. The van der Waals surface area contributed by atoms with Gasteiger partial charge in [-0.3, -0.25) is 4.79 Å². The minimum absolute atomic E-state index is 0.375. The Balaban J connectivity index is 2.10. The minimum atomic E-state index is 0.375. The van der Waals surface area contributed by atoms with Crippen molar-refractivity contribution in [2.75, 3.05) is 6.54 Å². The molecule has 0 radical (unpaired) electrons. The average Bonchev–Trinajstić information content (AvgIpc) is 2.36. The molecule has 0 amide bonds. The van der Waals surface area contributed by atoms with Crippen molar-refractivity contribution in [3.05, 3.63) is 35.9 Å². The van der Waals surface area contributed by atoms with Gasteiger partial charge in [0.05, 0.1) is 0 Å². The third-order valence-corrected chi connectivity index (χ3v) is 3.03. The Morgan fingerprint density at radius 1 is 1.29 bits per heavy atom. The molecule has 17 heavy (non-hydrogen) atoms. The predicted octanol–water partition coefficient (Wildman–Crippen LogP) is 3.17. The number of benzene rings is 1. The van der Waals surface area contributed by atoms with E-state index >= 15 is 0 Å². The van der Waals surface area contributed by atoms with Crippen LogP contribution in [0.25, 0.3) is 0 Å². The van der Waals surface area contributed by atoms with Crippen LogP contribution in [0, 0.1) is 5.92 Å². The summed E-state index contributed by atoms with van der Waals surface area (Å²) in [6.45, 7) is 5.89. The zero-order valence-electron chi connectivity index (χ0n) is 10.9. The number of Topliss-reactive ketones (excluding diaryl/α,β-unsaturated/α-hetero) is 1. The Bertz CT molecular complexity index is 321. The van der Waals surface area contributed by atoms with Crippen molar-refractivity contribution in [1.82, 2.24) is 5.32 Å². The van der Waals surface area contributed by atoms with Gasteiger partial charge in [-0.2, -0.15) is 0 Å². The molecule has 1 aromatic rings. The largest absolute Gasteiger partial charge is 0.312 e. The van der Waals surface area contributed by atoms with Crippen LogP contribution in [-0.4, -0.2) is 12.3 Å². The molecule has 0 bridgehead atoms. The molecule has 1 N–H and O–H groups in total. The molecule has 2 heteroatoms. The van der Waals surface area contributed by atoms with Crippen LogP contribution in [0.5, 0.6) is 0 Å². The highest BCUT2D eigenvalue weighted by molar-refractivity contribution is 5.78. The highest BCUT2D eigenvalue weighted by Crippen LogP contribution is 2.07. The SMILES string of the molecule is CCC(C)CC(=O)CCNCc1ccccc1. The molecule has 0 spiro atoms. The molecule has 1 atom stereocenters. The smallest absolute Gasteiger partial charge is 0.134 e. The number of ketones is 1. The van der Waals surface area contributed by atoms with Gasteiger partial charge in [-0.25, -0.2) is 0 Å². The first-order valence-electron chi connectivity index (χ1n) is 6.48. The molecule has 0 fully saturated rings. The van der Waals surface area contributed by atoms with E-state index in [0.29, 0.717) is 18.1 Å². The fraction of sp³-hybridized carbons (Fsp3) is 0.533. The fourth-order valence-electron chi connectivity index (χ4n) is 1.69. The van der Waals surface area contributed by atoms with Crippen LogP contribution in [0.15, 0.2) is 30.3 Å². The van der Waals surface area contributed by atoms with E-state index in [1.165, 1.54) is 5.56 Å². The molecular formula is C15H23NO. The molecule has 0 aromatic heterocycles. The molecule has 1 aromatic carbocycles. The number of carbonyl (C=O) groups excluding carboxylic acids is 1. The lowest BCUT2D eigenvalue weighted by Gasteiger charge is -2.08. The van der Waals surface area contributed by atoms with Crippen LogP contribution < -0.4 is 5.32 Å². The van der Waals surface area contributed by atoms with Gasteiger partial charge in [-0.05, 0) is 11.5 Å². The van der Waals surface area contributed by atoms with Gasteiger partial charge in [-0.1, -0.05) is 50.6 Å². The zero-order valence-corrected chi connectivity index (χ0v) is 10.9. The van der Waals surface area contributed by atoms with E-state index < -0.39 is 0 Å². The van der Waals surface area contributed by atoms with E-state index in [1.807, 2.05) is 18.2 Å². The maximum Gasteiger partial charge on any atom is 0.134 e. The van der Waals surface area contributed by atoms with Crippen LogP contribution >= 0.6 is 0 Å². The normalized spacial score (nSPS) is 12.4. The standard InChI is InChI=1S/C15H23NO/c1-3-13(2)11-15(17)9-10-16-12-14-7-5-4-6-8-14/h4-8,13,16H,3,9-12H2,1-2H3. The van der Waals surface area contributed by atoms with Crippen molar-refractivity contribution < 1.29 is 4.79 Å². The second kappa shape index (κ2) is 8.02. The Morgan fingerprint density at radius 3 is 2.65 bits per heavy atom. The second-order valence-corrected chi connectivity index (χ2v) is 4.67. The second-order valence-electron chi connectivity index (χ2n) is 4.67. The summed E-state index contributed by atoms with van der Waals surface area (Å²) in [6.07, 6.45) is 2.46. The Hall–Kier alpha value is -1.15. The minimum Gasteiger partial charge on any atom is -0.312 e. The lowest BCUT2D eigenvalue weighted by Crippen LogP contribution is -2.18. The lowest BCUT2D eigenvalue weighted by atomic mass is 10.0. The first kappa shape index (κ1) is 13.9. The summed E-state index contributed by atoms with van der Waals surface area (Å²) in [5, 5.41) is 3.30. The van der Waals surface area contributed by atoms with Crippen molar-refractivity contribution in [3.8, 4) is 0 Å². The number of rotatable bonds is 8. The Kier molecular flexibility index (Phi) is 6.56. The van der Waals surface area contributed by atoms with Crippen LogP contribution in [0.3, 0.4) is 0 Å². The van der Waals surface area contributed by atoms with Crippen LogP contribution in [0.2, 0.25) is 0 Å². The van der Waals surface area contributed by atoms with Crippen LogP contribution in [0.1, 0.15) is 38.7 Å². The van der Waals surface area contributed by atoms with Crippen LogP contribution in [0.4, 0.5) is 0 Å². The maximum absolute atomic E-state index is 11.6. The molecule has 2 nitrogen and oxygen atoms in total. The van der Waals surface area contributed by atoms with Gasteiger partial charge < -0.3 is 5.32 Å². The van der Waals surface area contributed by atoms with E-state index in [2.05, 4.69) is 31.3 Å². The third kappa shape index (κ3) is 6.22. The summed E-state index contributed by atoms with van der Waals surface area (Å²) in [4.78, 5) is 11.6. The number of carbonyl (C=O) groups is 1. The molecule has 0 heterocycles. The summed E-state index contributed by atoms with van der Waals surface area (Å²) in [7, 11) is 0.